The summed E-state index contributed by atoms with van der Waals surface area (Å²) in [7, 11) is 0. The Morgan fingerprint density at radius 1 is 1.33 bits per heavy atom. The quantitative estimate of drug-likeness (QED) is 0.895. The summed E-state index contributed by atoms with van der Waals surface area (Å²) in [4.78, 5) is 2.36. The smallest absolute Gasteiger partial charge is 0.126 e. The minimum absolute atomic E-state index is 0.300. The number of nitrogens with zero attached hydrogens (tertiary/aromatic N) is 1. The Bertz CT molecular complexity index is 389. The van der Waals surface area contributed by atoms with Crippen LogP contribution in [0.1, 0.15) is 31.4 Å². The molecule has 0 aliphatic carbocycles. The fourth-order valence-corrected chi connectivity index (χ4v) is 2.51. The highest BCUT2D eigenvalue weighted by Crippen LogP contribution is 2.20. The second-order valence-electron chi connectivity index (χ2n) is 5.29. The maximum atomic E-state index is 13.1. The van der Waals surface area contributed by atoms with Gasteiger partial charge in [0.25, 0.3) is 0 Å². The normalized spacial score (nSPS) is 22.3. The predicted octanol–water partition coefficient (Wildman–Crippen LogP) is 2.70. The fourth-order valence-electron chi connectivity index (χ4n) is 2.51. The zero-order valence-corrected chi connectivity index (χ0v) is 10.7. The summed E-state index contributed by atoms with van der Waals surface area (Å²) < 4.78 is 26.1. The lowest BCUT2D eigenvalue weighted by Crippen LogP contribution is -2.25. The molecule has 0 saturated carbocycles. The molecule has 1 aliphatic rings. The molecule has 18 heavy (non-hydrogen) atoms. The lowest BCUT2D eigenvalue weighted by atomic mass is 10.0. The molecule has 2 N–H and O–H groups in total. The molecule has 4 heteroatoms. The van der Waals surface area contributed by atoms with Crippen LogP contribution in [0, 0.1) is 17.6 Å². The van der Waals surface area contributed by atoms with Gasteiger partial charge in [0.05, 0.1) is 0 Å². The van der Waals surface area contributed by atoms with Crippen LogP contribution in [0.5, 0.6) is 0 Å². The van der Waals surface area contributed by atoms with Crippen LogP contribution in [0.2, 0.25) is 0 Å². The predicted molar refractivity (Wildman–Crippen MR) is 68.1 cm³/mol. The maximum absolute atomic E-state index is 13.1. The van der Waals surface area contributed by atoms with E-state index in [4.69, 9.17) is 5.73 Å². The Morgan fingerprint density at radius 3 is 2.56 bits per heavy atom. The van der Waals surface area contributed by atoms with Gasteiger partial charge in [0.2, 0.25) is 0 Å². The van der Waals surface area contributed by atoms with Gasteiger partial charge in [0.1, 0.15) is 11.6 Å². The number of nitrogens with two attached hydrogens (primary N) is 1. The summed E-state index contributed by atoms with van der Waals surface area (Å²) in [6.07, 6.45) is 1.96. The molecule has 1 aliphatic heterocycles. The van der Waals surface area contributed by atoms with Crippen molar-refractivity contribution in [3.8, 4) is 0 Å². The van der Waals surface area contributed by atoms with Gasteiger partial charge < -0.3 is 10.6 Å². The number of benzene rings is 1. The van der Waals surface area contributed by atoms with E-state index < -0.39 is 11.6 Å². The second-order valence-corrected chi connectivity index (χ2v) is 5.29. The average Bonchev–Trinajstić information content (AvgIpc) is 2.70. The molecule has 2 nitrogen and oxygen atoms in total. The van der Waals surface area contributed by atoms with Crippen LogP contribution in [0.4, 0.5) is 8.78 Å². The van der Waals surface area contributed by atoms with Crippen LogP contribution < -0.4 is 5.73 Å². The van der Waals surface area contributed by atoms with Crippen LogP contribution >= 0.6 is 0 Å². The van der Waals surface area contributed by atoms with Crippen molar-refractivity contribution in [2.45, 2.75) is 25.8 Å². The summed E-state index contributed by atoms with van der Waals surface area (Å²) >= 11 is 0. The molecule has 1 heterocycles. The molecule has 100 valence electrons. The number of likely N-dealkylation sites (tertiary alicyclic amines) is 1. The molecule has 0 amide bonds. The molecule has 1 aromatic rings. The fraction of sp³-hybridized carbons (Fsp3) is 0.571. The van der Waals surface area contributed by atoms with Crippen LogP contribution in [-0.2, 0) is 0 Å². The first-order valence-electron chi connectivity index (χ1n) is 6.48. The summed E-state index contributed by atoms with van der Waals surface area (Å²) in [5.41, 5.74) is 6.53. The summed E-state index contributed by atoms with van der Waals surface area (Å²) in [5.74, 6) is -0.377. The zero-order valence-electron chi connectivity index (χ0n) is 10.7. The molecule has 0 spiro atoms. The molecular weight excluding hydrogens is 234 g/mol. The first kappa shape index (κ1) is 13.4. The van der Waals surface area contributed by atoms with Crippen molar-refractivity contribution in [2.24, 2.45) is 11.7 Å². The van der Waals surface area contributed by atoms with Crippen molar-refractivity contribution < 1.29 is 8.78 Å². The second kappa shape index (κ2) is 5.76. The van der Waals surface area contributed by atoms with E-state index in [0.717, 1.165) is 38.0 Å². The standard InChI is InChI=1S/C14H20F2N2/c1-10-2-4-18(9-10)5-3-14(17)11-6-12(15)8-13(16)7-11/h6-8,10,14H,2-5,9,17H2,1H3. The molecular formula is C14H20F2N2. The van der Waals surface area contributed by atoms with Crippen molar-refractivity contribution in [1.29, 1.82) is 0 Å². The van der Waals surface area contributed by atoms with Gasteiger partial charge in [0, 0.05) is 18.7 Å². The van der Waals surface area contributed by atoms with Gasteiger partial charge in [-0.3, -0.25) is 0 Å². The third kappa shape index (κ3) is 3.50. The molecule has 1 fully saturated rings. The van der Waals surface area contributed by atoms with Crippen LogP contribution in [-0.4, -0.2) is 24.5 Å². The van der Waals surface area contributed by atoms with Crippen LogP contribution in [0.15, 0.2) is 18.2 Å². The van der Waals surface area contributed by atoms with E-state index in [-0.39, 0.29) is 6.04 Å². The van der Waals surface area contributed by atoms with E-state index >= 15 is 0 Å². The lowest BCUT2D eigenvalue weighted by molar-refractivity contribution is 0.312. The summed E-state index contributed by atoms with van der Waals surface area (Å²) in [6, 6.07) is 3.21. The molecule has 1 saturated heterocycles. The van der Waals surface area contributed by atoms with Gasteiger partial charge in [-0.05, 0) is 49.5 Å². The van der Waals surface area contributed by atoms with Crippen LogP contribution in [0.3, 0.4) is 0 Å². The Balaban J connectivity index is 1.89. The number of halogens is 2. The largest absolute Gasteiger partial charge is 0.324 e. The maximum Gasteiger partial charge on any atom is 0.126 e. The highest BCUT2D eigenvalue weighted by atomic mass is 19.1. The van der Waals surface area contributed by atoms with Gasteiger partial charge in [-0.25, -0.2) is 8.78 Å². The van der Waals surface area contributed by atoms with E-state index in [9.17, 15) is 8.78 Å². The van der Waals surface area contributed by atoms with Crippen molar-refractivity contribution in [3.63, 3.8) is 0 Å². The topological polar surface area (TPSA) is 29.3 Å². The Labute approximate surface area is 107 Å². The van der Waals surface area contributed by atoms with E-state index in [1.807, 2.05) is 0 Å². The molecule has 0 bridgehead atoms. The summed E-state index contributed by atoms with van der Waals surface area (Å²) in [6.45, 7) is 5.33. The summed E-state index contributed by atoms with van der Waals surface area (Å²) in [5, 5.41) is 0. The van der Waals surface area contributed by atoms with Gasteiger partial charge in [0.15, 0.2) is 0 Å². The van der Waals surface area contributed by atoms with Crippen molar-refractivity contribution in [1.82, 2.24) is 4.90 Å². The van der Waals surface area contributed by atoms with Crippen molar-refractivity contribution in [3.05, 3.63) is 35.4 Å². The van der Waals surface area contributed by atoms with Gasteiger partial charge in [-0.15, -0.1) is 0 Å². The highest BCUT2D eigenvalue weighted by Gasteiger charge is 2.19. The number of hydrogen-bond acceptors (Lipinski definition) is 2. The average molecular weight is 254 g/mol. The first-order valence-corrected chi connectivity index (χ1v) is 6.48. The number of rotatable bonds is 4. The van der Waals surface area contributed by atoms with E-state index in [1.54, 1.807) is 0 Å². The van der Waals surface area contributed by atoms with E-state index in [1.165, 1.54) is 18.6 Å². The van der Waals surface area contributed by atoms with Gasteiger partial charge >= 0.3 is 0 Å². The monoisotopic (exact) mass is 254 g/mol. The van der Waals surface area contributed by atoms with E-state index in [2.05, 4.69) is 11.8 Å². The Hall–Kier alpha value is -1.00. The minimum Gasteiger partial charge on any atom is -0.324 e. The van der Waals surface area contributed by atoms with Crippen molar-refractivity contribution >= 4 is 0 Å². The highest BCUT2D eigenvalue weighted by molar-refractivity contribution is 5.21. The zero-order chi connectivity index (χ0) is 13.1. The molecule has 1 aromatic carbocycles. The SMILES string of the molecule is CC1CCN(CCC(N)c2cc(F)cc(F)c2)C1. The van der Waals surface area contributed by atoms with Gasteiger partial charge in [-0.2, -0.15) is 0 Å². The van der Waals surface area contributed by atoms with Crippen LogP contribution in [0.25, 0.3) is 0 Å². The number of hydrogen-bond donors (Lipinski definition) is 1. The third-order valence-corrected chi connectivity index (χ3v) is 3.58. The van der Waals surface area contributed by atoms with Crippen molar-refractivity contribution in [2.75, 3.05) is 19.6 Å². The van der Waals surface area contributed by atoms with E-state index in [0.29, 0.717) is 5.56 Å². The molecule has 0 aromatic heterocycles. The lowest BCUT2D eigenvalue weighted by Gasteiger charge is -2.18. The molecule has 2 unspecified atom stereocenters. The molecule has 0 radical (unpaired) electrons. The third-order valence-electron chi connectivity index (χ3n) is 3.58. The Kier molecular flexibility index (Phi) is 4.30. The minimum atomic E-state index is -0.560. The first-order chi connectivity index (χ1) is 8.54. The molecule has 2 atom stereocenters. The van der Waals surface area contributed by atoms with Gasteiger partial charge in [-0.1, -0.05) is 6.92 Å². The Morgan fingerprint density at radius 2 is 2.00 bits per heavy atom. The molecule has 2 rings (SSSR count).